The zero-order chi connectivity index (χ0) is 10.9. The summed E-state index contributed by atoms with van der Waals surface area (Å²) in [4.78, 5) is 14.1. The number of hydrogen-bond acceptors (Lipinski definition) is 2. The molecule has 0 radical (unpaired) electrons. The molecule has 0 saturated carbocycles. The number of fused-ring (bicyclic) bond motifs is 1. The van der Waals surface area contributed by atoms with Crippen LogP contribution in [-0.2, 0) is 6.42 Å². The van der Waals surface area contributed by atoms with Gasteiger partial charge in [-0.1, -0.05) is 24.3 Å². The van der Waals surface area contributed by atoms with E-state index >= 15 is 0 Å². The second-order valence-electron chi connectivity index (χ2n) is 3.44. The van der Waals surface area contributed by atoms with Gasteiger partial charge in [-0.3, -0.25) is 4.79 Å². The van der Waals surface area contributed by atoms with Crippen LogP contribution in [0.25, 0.3) is 10.4 Å². The van der Waals surface area contributed by atoms with Gasteiger partial charge in [-0.15, -0.1) is 0 Å². The number of carbonyl (C=O) groups excluding carboxylic acids is 1. The minimum Gasteiger partial charge on any atom is -0.290 e. The lowest BCUT2D eigenvalue weighted by atomic mass is 9.86. The van der Waals surface area contributed by atoms with Crippen LogP contribution in [0.4, 0.5) is 4.39 Å². The molecule has 2 rings (SSSR count). The number of halogens is 1. The molecule has 0 bridgehead atoms. The molecule has 0 N–H and O–H groups in total. The monoisotopic (exact) mass is 205 g/mol. The van der Waals surface area contributed by atoms with Crippen molar-refractivity contribution in [3.05, 3.63) is 45.8 Å². The Morgan fingerprint density at radius 2 is 2.20 bits per heavy atom. The van der Waals surface area contributed by atoms with Gasteiger partial charge in [-0.05, 0) is 29.1 Å². The molecule has 1 aromatic rings. The van der Waals surface area contributed by atoms with Gasteiger partial charge in [0.05, 0.1) is 0 Å². The molecule has 4 nitrogen and oxygen atoms in total. The molecule has 1 aliphatic carbocycles. The number of ketones is 1. The Kier molecular flexibility index (Phi) is 2.17. The van der Waals surface area contributed by atoms with Crippen molar-refractivity contribution in [1.82, 2.24) is 0 Å². The van der Waals surface area contributed by atoms with E-state index in [2.05, 4.69) is 10.0 Å². The van der Waals surface area contributed by atoms with E-state index in [0.717, 1.165) is 5.56 Å². The number of alkyl halides is 1. The summed E-state index contributed by atoms with van der Waals surface area (Å²) >= 11 is 0. The number of azide groups is 1. The molecule has 15 heavy (non-hydrogen) atoms. The molecule has 5 heteroatoms. The molecule has 1 atom stereocenters. The first-order valence-electron chi connectivity index (χ1n) is 4.55. The number of carbonyl (C=O) groups is 1. The fraction of sp³-hybridized carbons (Fsp3) is 0.300. The van der Waals surface area contributed by atoms with Crippen LogP contribution in [0.2, 0.25) is 0 Å². The minimum atomic E-state index is -2.40. The molecule has 0 amide bonds. The van der Waals surface area contributed by atoms with E-state index in [0.29, 0.717) is 12.0 Å². The summed E-state index contributed by atoms with van der Waals surface area (Å²) in [6.07, 6.45) is 0.338. The van der Waals surface area contributed by atoms with Gasteiger partial charge in [0.2, 0.25) is 5.78 Å². The predicted molar refractivity (Wildman–Crippen MR) is 52.1 cm³/mol. The Hall–Kier alpha value is -1.87. The van der Waals surface area contributed by atoms with Crippen molar-refractivity contribution in [2.24, 2.45) is 5.11 Å². The highest BCUT2D eigenvalue weighted by atomic mass is 19.1. The lowest BCUT2D eigenvalue weighted by Gasteiger charge is -2.24. The third-order valence-corrected chi connectivity index (χ3v) is 2.54. The molecule has 0 heterocycles. The SMILES string of the molecule is [N-]=[N+]=N[C@]1(F)CCc2ccccc2C1=O. The highest BCUT2D eigenvalue weighted by Crippen LogP contribution is 2.32. The summed E-state index contributed by atoms with van der Waals surface area (Å²) in [7, 11) is 0. The Labute approximate surface area is 85.3 Å². The van der Waals surface area contributed by atoms with Crippen LogP contribution in [0.15, 0.2) is 29.4 Å². The highest BCUT2D eigenvalue weighted by Gasteiger charge is 2.42. The molecule has 1 aliphatic rings. The number of nitrogens with zero attached hydrogens (tertiary/aromatic N) is 3. The third-order valence-electron chi connectivity index (χ3n) is 2.54. The predicted octanol–water partition coefficient (Wildman–Crippen LogP) is 2.79. The average molecular weight is 205 g/mol. The smallest absolute Gasteiger partial charge is 0.251 e. The standard InChI is InChI=1S/C10H8FN3O/c11-10(13-14-12)6-5-7-3-1-2-4-8(7)9(10)15/h1-4H,5-6H2/t10-/m1/s1. The van der Waals surface area contributed by atoms with Gasteiger partial charge < -0.3 is 0 Å². The largest absolute Gasteiger partial charge is 0.290 e. The van der Waals surface area contributed by atoms with Gasteiger partial charge in [0.1, 0.15) is 0 Å². The van der Waals surface area contributed by atoms with E-state index in [-0.39, 0.29) is 6.42 Å². The van der Waals surface area contributed by atoms with E-state index in [1.54, 1.807) is 24.3 Å². The molecule has 1 aromatic carbocycles. The molecule has 0 fully saturated rings. The van der Waals surface area contributed by atoms with Crippen molar-refractivity contribution in [3.8, 4) is 0 Å². The zero-order valence-corrected chi connectivity index (χ0v) is 7.85. The molecule has 0 aromatic heterocycles. The first-order valence-corrected chi connectivity index (χ1v) is 4.55. The van der Waals surface area contributed by atoms with Gasteiger partial charge in [-0.25, -0.2) is 4.39 Å². The van der Waals surface area contributed by atoms with E-state index in [4.69, 9.17) is 5.53 Å². The number of rotatable bonds is 1. The summed E-state index contributed by atoms with van der Waals surface area (Å²) in [5.41, 5.74) is 9.34. The number of benzene rings is 1. The summed E-state index contributed by atoms with van der Waals surface area (Å²) in [6.45, 7) is 0. The lowest BCUT2D eigenvalue weighted by Crippen LogP contribution is -2.36. The van der Waals surface area contributed by atoms with Gasteiger partial charge >= 0.3 is 0 Å². The Balaban J connectivity index is 2.50. The maximum absolute atomic E-state index is 13.9. The van der Waals surface area contributed by atoms with Crippen LogP contribution in [0.1, 0.15) is 22.3 Å². The molecule has 0 saturated heterocycles. The van der Waals surface area contributed by atoms with E-state index in [9.17, 15) is 9.18 Å². The maximum atomic E-state index is 13.9. The van der Waals surface area contributed by atoms with E-state index < -0.39 is 11.6 Å². The van der Waals surface area contributed by atoms with E-state index in [1.807, 2.05) is 0 Å². The van der Waals surface area contributed by atoms with Gasteiger partial charge in [-0.2, -0.15) is 0 Å². The summed E-state index contributed by atoms with van der Waals surface area (Å²) in [5, 5.41) is 2.96. The average Bonchev–Trinajstić information content (AvgIpc) is 2.25. The summed E-state index contributed by atoms with van der Waals surface area (Å²) < 4.78 is 13.9. The van der Waals surface area contributed by atoms with Gasteiger partial charge in [0, 0.05) is 10.5 Å². The maximum Gasteiger partial charge on any atom is 0.251 e. The fourth-order valence-corrected chi connectivity index (χ4v) is 1.75. The van der Waals surface area contributed by atoms with Gasteiger partial charge in [0.25, 0.3) is 5.79 Å². The van der Waals surface area contributed by atoms with Crippen molar-refractivity contribution in [2.75, 3.05) is 0 Å². The minimum absolute atomic E-state index is 0.0765. The fourth-order valence-electron chi connectivity index (χ4n) is 1.75. The summed E-state index contributed by atoms with van der Waals surface area (Å²) in [5.74, 6) is -3.13. The Morgan fingerprint density at radius 1 is 1.47 bits per heavy atom. The number of aryl methyl sites for hydroxylation is 1. The van der Waals surface area contributed by atoms with Crippen LogP contribution in [0.5, 0.6) is 0 Å². The lowest BCUT2D eigenvalue weighted by molar-refractivity contribution is 0.0655. The first kappa shape index (κ1) is 9.68. The van der Waals surface area contributed by atoms with Gasteiger partial charge in [0.15, 0.2) is 0 Å². The Morgan fingerprint density at radius 3 is 2.93 bits per heavy atom. The van der Waals surface area contributed by atoms with E-state index in [1.165, 1.54) is 0 Å². The van der Waals surface area contributed by atoms with Crippen molar-refractivity contribution in [1.29, 1.82) is 0 Å². The quantitative estimate of drug-likeness (QED) is 0.301. The molecule has 0 unspecified atom stereocenters. The molecular weight excluding hydrogens is 197 g/mol. The van der Waals surface area contributed by atoms with Crippen molar-refractivity contribution in [2.45, 2.75) is 18.6 Å². The Bertz CT molecular complexity index is 467. The zero-order valence-electron chi connectivity index (χ0n) is 7.85. The highest BCUT2D eigenvalue weighted by molar-refractivity contribution is 6.04. The number of Topliss-reactive ketones (excluding diaryl/α,β-unsaturated/α-hetero) is 1. The normalized spacial score (nSPS) is 24.2. The third kappa shape index (κ3) is 1.47. The topological polar surface area (TPSA) is 65.8 Å². The van der Waals surface area contributed by atoms with Crippen LogP contribution in [0, 0.1) is 0 Å². The van der Waals surface area contributed by atoms with Crippen LogP contribution < -0.4 is 0 Å². The van der Waals surface area contributed by atoms with Crippen LogP contribution in [-0.4, -0.2) is 11.6 Å². The van der Waals surface area contributed by atoms with Crippen molar-refractivity contribution < 1.29 is 9.18 Å². The molecule has 0 spiro atoms. The van der Waals surface area contributed by atoms with Crippen molar-refractivity contribution >= 4 is 5.78 Å². The van der Waals surface area contributed by atoms with Crippen molar-refractivity contribution in [3.63, 3.8) is 0 Å². The molecule has 76 valence electrons. The second-order valence-corrected chi connectivity index (χ2v) is 3.44. The first-order chi connectivity index (χ1) is 7.17. The molecular formula is C10H8FN3O. The molecule has 0 aliphatic heterocycles. The van der Waals surface area contributed by atoms with Crippen LogP contribution >= 0.6 is 0 Å². The summed E-state index contributed by atoms with van der Waals surface area (Å²) in [6, 6.07) is 6.80. The second kappa shape index (κ2) is 3.37. The number of hydrogen-bond donors (Lipinski definition) is 0. The van der Waals surface area contributed by atoms with Crippen LogP contribution in [0.3, 0.4) is 0 Å².